The van der Waals surface area contributed by atoms with Crippen molar-refractivity contribution in [2.24, 2.45) is 0 Å². The van der Waals surface area contributed by atoms with Gasteiger partial charge in [-0.3, -0.25) is 9.36 Å². The first kappa shape index (κ1) is 12.7. The van der Waals surface area contributed by atoms with Gasteiger partial charge in [-0.2, -0.15) is 0 Å². The molecule has 0 aromatic heterocycles. The van der Waals surface area contributed by atoms with E-state index in [1.54, 1.807) is 0 Å². The fraction of sp³-hybridized carbons (Fsp3) is 0.286. The summed E-state index contributed by atoms with van der Waals surface area (Å²) in [4.78, 5) is 28.1. The lowest BCUT2D eigenvalue weighted by molar-refractivity contribution is -0.113. The maximum atomic E-state index is 11.1. The Balaban J connectivity index is 4.27. The normalized spacial score (nSPS) is 12.7. The van der Waals surface area contributed by atoms with E-state index in [0.717, 1.165) is 0 Å². The largest absolute Gasteiger partial charge is 0.333 e. The smallest absolute Gasteiger partial charge is 0.324 e. The minimum Gasteiger partial charge on any atom is -0.324 e. The monoisotopic (exact) mass is 222 g/mol. The zero-order chi connectivity index (χ0) is 10.5. The van der Waals surface area contributed by atoms with Crippen LogP contribution >= 0.6 is 19.4 Å². The molecule has 0 rings (SSSR count). The summed E-state index contributed by atoms with van der Waals surface area (Å²) < 4.78 is 10.4. The van der Waals surface area contributed by atoms with Gasteiger partial charge in [0.1, 0.15) is 6.16 Å². The predicted octanol–water partition coefficient (Wildman–Crippen LogP) is 1.51. The Morgan fingerprint density at radius 3 is 2.54 bits per heavy atom. The number of carbonyl (C=O) groups is 1. The first-order valence-corrected chi connectivity index (χ1v) is 6.12. The first-order chi connectivity index (χ1) is 5.87. The number of ketones is 1. The molecule has 0 unspecified atom stereocenters. The highest BCUT2D eigenvalue weighted by Crippen LogP contribution is 2.34. The van der Waals surface area contributed by atoms with Crippen molar-refractivity contribution in [3.8, 4) is 0 Å². The third-order valence-corrected chi connectivity index (χ3v) is 2.51. The third kappa shape index (κ3) is 6.78. The molecule has 0 aromatic rings. The lowest BCUT2D eigenvalue weighted by atomic mass is 10.2. The van der Waals surface area contributed by atoms with Crippen molar-refractivity contribution in [1.82, 2.24) is 0 Å². The second-order valence-corrected chi connectivity index (χ2v) is 4.84. The summed E-state index contributed by atoms with van der Waals surface area (Å²) in [5.41, 5.74) is 0.327. The molecule has 0 bridgehead atoms. The van der Waals surface area contributed by atoms with Crippen LogP contribution in [0.25, 0.3) is 0 Å². The summed E-state index contributed by atoms with van der Waals surface area (Å²) in [6, 6.07) is 0. The van der Waals surface area contributed by atoms with Gasteiger partial charge in [0.2, 0.25) is 0 Å². The molecule has 0 amide bonds. The van der Waals surface area contributed by atoms with Crippen molar-refractivity contribution in [3.63, 3.8) is 0 Å². The number of thioether (sulfide) groups is 1. The van der Waals surface area contributed by atoms with E-state index in [4.69, 9.17) is 9.79 Å². The second-order valence-electron chi connectivity index (χ2n) is 2.35. The van der Waals surface area contributed by atoms with Gasteiger partial charge >= 0.3 is 7.60 Å². The van der Waals surface area contributed by atoms with Crippen molar-refractivity contribution < 1.29 is 19.1 Å². The van der Waals surface area contributed by atoms with Gasteiger partial charge in [0.05, 0.1) is 0 Å². The van der Waals surface area contributed by atoms with E-state index >= 15 is 0 Å². The second kappa shape index (κ2) is 5.40. The predicted molar refractivity (Wildman–Crippen MR) is 53.5 cm³/mol. The van der Waals surface area contributed by atoms with Gasteiger partial charge in [0.25, 0.3) is 0 Å². The molecule has 0 aliphatic rings. The molecule has 0 aliphatic carbocycles. The number of Topliss-reactive ketones (excluding diaryl/α,β-unsaturated/α-hetero) is 1. The van der Waals surface area contributed by atoms with Crippen molar-refractivity contribution in [1.29, 1.82) is 0 Å². The van der Waals surface area contributed by atoms with Gasteiger partial charge in [-0.25, -0.2) is 0 Å². The Morgan fingerprint density at radius 2 is 2.15 bits per heavy atom. The van der Waals surface area contributed by atoms with E-state index in [0.29, 0.717) is 5.57 Å². The van der Waals surface area contributed by atoms with Gasteiger partial charge in [-0.05, 0) is 23.3 Å². The highest BCUT2D eigenvalue weighted by atomic mass is 32.2. The molecule has 0 saturated heterocycles. The zero-order valence-corrected chi connectivity index (χ0v) is 8.85. The molecule has 0 aromatic carbocycles. The molecular weight excluding hydrogens is 211 g/mol. The molecule has 4 nitrogen and oxygen atoms in total. The maximum absolute atomic E-state index is 11.1. The molecule has 0 aliphatic heterocycles. The third-order valence-electron chi connectivity index (χ3n) is 1.13. The Bertz CT molecular complexity index is 278. The Morgan fingerprint density at radius 1 is 1.62 bits per heavy atom. The van der Waals surface area contributed by atoms with Crippen LogP contribution in [0.4, 0.5) is 0 Å². The zero-order valence-electron chi connectivity index (χ0n) is 7.14. The molecule has 74 valence electrons. The van der Waals surface area contributed by atoms with Crippen molar-refractivity contribution in [3.05, 3.63) is 23.0 Å². The van der Waals surface area contributed by atoms with E-state index in [1.807, 2.05) is 0 Å². The minimum atomic E-state index is -4.23. The highest BCUT2D eigenvalue weighted by Gasteiger charge is 2.19. The van der Waals surface area contributed by atoms with E-state index < -0.39 is 19.5 Å². The Kier molecular flexibility index (Phi) is 5.25. The van der Waals surface area contributed by atoms with Crippen LogP contribution in [-0.4, -0.2) is 21.7 Å². The van der Waals surface area contributed by atoms with Gasteiger partial charge in [-0.1, -0.05) is 6.58 Å². The van der Waals surface area contributed by atoms with Crippen LogP contribution in [0.3, 0.4) is 0 Å². The molecule has 0 atom stereocenters. The number of hydrogen-bond acceptors (Lipinski definition) is 3. The van der Waals surface area contributed by atoms with Crippen LogP contribution < -0.4 is 0 Å². The van der Waals surface area contributed by atoms with Gasteiger partial charge in [-0.15, -0.1) is 11.8 Å². The minimum absolute atomic E-state index is 0.327. The fourth-order valence-corrected chi connectivity index (χ4v) is 1.58. The summed E-state index contributed by atoms with van der Waals surface area (Å²) in [5.74, 6) is -0.539. The molecular formula is C7H11O4PS. The number of rotatable bonds is 5. The summed E-state index contributed by atoms with van der Waals surface area (Å²) in [5, 5.41) is 3.03. The van der Waals surface area contributed by atoms with Crippen LogP contribution in [0.2, 0.25) is 0 Å². The lowest BCUT2D eigenvalue weighted by Gasteiger charge is -2.02. The SMILES string of the molecule is C=CSC=C(C)C(=O)CP(=O)(O)O. The van der Waals surface area contributed by atoms with E-state index in [9.17, 15) is 9.36 Å². The van der Waals surface area contributed by atoms with Gasteiger partial charge in [0, 0.05) is 0 Å². The van der Waals surface area contributed by atoms with E-state index in [-0.39, 0.29) is 0 Å². The van der Waals surface area contributed by atoms with Crippen molar-refractivity contribution >= 4 is 25.1 Å². The van der Waals surface area contributed by atoms with Crippen LogP contribution in [0.1, 0.15) is 6.92 Å². The molecule has 13 heavy (non-hydrogen) atoms. The molecule has 2 N–H and O–H groups in total. The fourth-order valence-electron chi connectivity index (χ4n) is 0.528. The van der Waals surface area contributed by atoms with Crippen molar-refractivity contribution in [2.75, 3.05) is 6.16 Å². The molecule has 6 heteroatoms. The number of allylic oxidation sites excluding steroid dienone is 1. The summed E-state index contributed by atoms with van der Waals surface area (Å²) in [6.07, 6.45) is -0.729. The van der Waals surface area contributed by atoms with Gasteiger partial charge < -0.3 is 9.79 Å². The lowest BCUT2D eigenvalue weighted by Crippen LogP contribution is -2.05. The number of hydrogen-bond donors (Lipinski definition) is 2. The first-order valence-electron chi connectivity index (χ1n) is 3.37. The molecule has 0 saturated carbocycles. The van der Waals surface area contributed by atoms with Crippen LogP contribution in [0, 0.1) is 0 Å². The van der Waals surface area contributed by atoms with Crippen LogP contribution in [0.5, 0.6) is 0 Å². The van der Waals surface area contributed by atoms with E-state index in [1.165, 1.54) is 29.5 Å². The number of carbonyl (C=O) groups excluding carboxylic acids is 1. The summed E-state index contributed by atoms with van der Waals surface area (Å²) >= 11 is 1.20. The standard InChI is InChI=1S/C7H11O4PS/c1-3-13-5-6(2)7(8)4-12(9,10)11/h3,5H,1,4H2,2H3,(H2,9,10,11). The summed E-state index contributed by atoms with van der Waals surface area (Å²) in [7, 11) is -4.23. The molecule has 0 radical (unpaired) electrons. The van der Waals surface area contributed by atoms with Crippen LogP contribution in [-0.2, 0) is 9.36 Å². The van der Waals surface area contributed by atoms with Crippen LogP contribution in [0.15, 0.2) is 23.0 Å². The Hall–Kier alpha value is -0.350. The average Bonchev–Trinajstić information content (AvgIpc) is 1.96. The Labute approximate surface area is 80.9 Å². The maximum Gasteiger partial charge on any atom is 0.333 e. The quantitative estimate of drug-likeness (QED) is 0.544. The average molecular weight is 222 g/mol. The topological polar surface area (TPSA) is 74.6 Å². The highest BCUT2D eigenvalue weighted by molar-refractivity contribution is 8.04. The van der Waals surface area contributed by atoms with E-state index in [2.05, 4.69) is 6.58 Å². The van der Waals surface area contributed by atoms with Gasteiger partial charge in [0.15, 0.2) is 5.78 Å². The summed E-state index contributed by atoms with van der Waals surface area (Å²) in [6.45, 7) is 4.93. The molecule has 0 spiro atoms. The molecule has 0 fully saturated rings. The molecule has 0 heterocycles. The van der Waals surface area contributed by atoms with Crippen molar-refractivity contribution in [2.45, 2.75) is 6.92 Å².